The molecule has 0 unspecified atom stereocenters. The first kappa shape index (κ1) is 30.1. The van der Waals surface area contributed by atoms with Crippen LogP contribution in [0.15, 0.2) is 71.6 Å². The van der Waals surface area contributed by atoms with Crippen molar-refractivity contribution in [3.8, 4) is 11.5 Å². The predicted molar refractivity (Wildman–Crippen MR) is 161 cm³/mol. The molecule has 0 radical (unpaired) electrons. The van der Waals surface area contributed by atoms with Crippen LogP contribution in [0.1, 0.15) is 16.7 Å². The van der Waals surface area contributed by atoms with E-state index in [1.807, 2.05) is 12.1 Å². The smallest absolute Gasteiger partial charge is 0.416 e. The molecule has 0 spiro atoms. The molecule has 1 N–H and O–H groups in total. The molecule has 3 aromatic rings. The molecule has 3 aromatic carbocycles. The highest BCUT2D eigenvalue weighted by atomic mass is 32.2. The van der Waals surface area contributed by atoms with Crippen LogP contribution in [0.2, 0.25) is 0 Å². The first-order chi connectivity index (χ1) is 20.5. The summed E-state index contributed by atoms with van der Waals surface area (Å²) in [6.45, 7) is -0.217. The van der Waals surface area contributed by atoms with Gasteiger partial charge in [0, 0.05) is 17.8 Å². The molecule has 8 nitrogen and oxygen atoms in total. The summed E-state index contributed by atoms with van der Waals surface area (Å²) in [4.78, 5) is 42.9. The average Bonchev–Trinajstić information content (AvgIpc) is 3.41. The summed E-state index contributed by atoms with van der Waals surface area (Å²) < 4.78 is 50.2. The number of thiocarbonyl (C=S) groups is 1. The highest BCUT2D eigenvalue weighted by Crippen LogP contribution is 2.44. The second-order valence-electron chi connectivity index (χ2n) is 9.50. The molecule has 0 aromatic heterocycles. The number of fused-ring (bicyclic) bond motifs is 1. The van der Waals surface area contributed by atoms with E-state index in [1.165, 1.54) is 36.2 Å². The quantitative estimate of drug-likeness (QED) is 0.260. The van der Waals surface area contributed by atoms with Gasteiger partial charge in [0.15, 0.2) is 11.5 Å². The standard InChI is InChI=1S/C30H24F3N3O5S2/c1-40-22-11-10-17(14-23(22)41-2)12-13-35-28(39)26(43-29(35)42)25-20-8-3-4-9-21(20)36(27(25)38)16-24(37)34-19-7-5-6-18(15-19)30(31,32)33/h3-11,14-15H,12-13,16H2,1-2H3,(H,34,37)/b26-25-. The number of anilines is 2. The zero-order chi connectivity index (χ0) is 30.9. The Hall–Kier alpha value is -4.36. The van der Waals surface area contributed by atoms with Crippen LogP contribution >= 0.6 is 24.0 Å². The molecule has 2 aliphatic heterocycles. The van der Waals surface area contributed by atoms with Gasteiger partial charge in [-0.05, 0) is 48.4 Å². The molecule has 0 bridgehead atoms. The molecule has 2 aliphatic rings. The van der Waals surface area contributed by atoms with Gasteiger partial charge < -0.3 is 14.8 Å². The first-order valence-electron chi connectivity index (χ1n) is 12.9. The van der Waals surface area contributed by atoms with Crippen LogP contribution in [-0.4, -0.2) is 54.3 Å². The average molecular weight is 628 g/mol. The van der Waals surface area contributed by atoms with E-state index < -0.39 is 36.0 Å². The van der Waals surface area contributed by atoms with Crippen LogP contribution < -0.4 is 19.7 Å². The number of rotatable bonds is 8. The minimum absolute atomic E-state index is 0.0599. The van der Waals surface area contributed by atoms with Crippen LogP contribution in [0.25, 0.3) is 5.57 Å². The maximum Gasteiger partial charge on any atom is 0.416 e. The third-order valence-electron chi connectivity index (χ3n) is 6.85. The van der Waals surface area contributed by atoms with Crippen molar-refractivity contribution in [1.82, 2.24) is 4.90 Å². The van der Waals surface area contributed by atoms with Crippen molar-refractivity contribution < 1.29 is 37.0 Å². The number of hydrogen-bond donors (Lipinski definition) is 1. The van der Waals surface area contributed by atoms with Gasteiger partial charge in [0.25, 0.3) is 11.8 Å². The van der Waals surface area contributed by atoms with Gasteiger partial charge in [0.1, 0.15) is 10.9 Å². The third-order valence-corrected chi connectivity index (χ3v) is 8.30. The maximum absolute atomic E-state index is 13.7. The highest BCUT2D eigenvalue weighted by molar-refractivity contribution is 8.26. The number of hydrogen-bond acceptors (Lipinski definition) is 7. The van der Waals surface area contributed by atoms with Crippen molar-refractivity contribution in [2.45, 2.75) is 12.6 Å². The monoisotopic (exact) mass is 627 g/mol. The van der Waals surface area contributed by atoms with Crippen molar-refractivity contribution in [2.24, 2.45) is 0 Å². The molecule has 0 aliphatic carbocycles. The second kappa shape index (κ2) is 12.1. The SMILES string of the molecule is COc1ccc(CCN2C(=O)/C(=C3/C(=O)N(CC(=O)Nc4cccc(C(F)(F)F)c4)c4ccccc43)SC2=S)cc1OC. The van der Waals surface area contributed by atoms with E-state index in [0.717, 1.165) is 29.5 Å². The van der Waals surface area contributed by atoms with Crippen LogP contribution in [-0.2, 0) is 27.0 Å². The van der Waals surface area contributed by atoms with Gasteiger partial charge in [-0.2, -0.15) is 13.2 Å². The summed E-state index contributed by atoms with van der Waals surface area (Å²) in [5, 5.41) is 2.42. The number of para-hydroxylation sites is 1. The van der Waals surface area contributed by atoms with E-state index in [-0.39, 0.29) is 22.7 Å². The summed E-state index contributed by atoms with van der Waals surface area (Å²) in [6, 6.07) is 16.3. The summed E-state index contributed by atoms with van der Waals surface area (Å²) in [5.74, 6) is -0.582. The van der Waals surface area contributed by atoms with E-state index in [4.69, 9.17) is 21.7 Å². The van der Waals surface area contributed by atoms with E-state index in [9.17, 15) is 27.6 Å². The van der Waals surface area contributed by atoms with Gasteiger partial charge >= 0.3 is 6.18 Å². The molecule has 0 atom stereocenters. The fourth-order valence-electron chi connectivity index (χ4n) is 4.79. The molecule has 222 valence electrons. The number of methoxy groups -OCH3 is 2. The van der Waals surface area contributed by atoms with Gasteiger partial charge in [-0.25, -0.2) is 0 Å². The van der Waals surface area contributed by atoms with Crippen LogP contribution in [0, 0.1) is 0 Å². The topological polar surface area (TPSA) is 88.2 Å². The zero-order valence-corrected chi connectivity index (χ0v) is 24.5. The van der Waals surface area contributed by atoms with Gasteiger partial charge in [0.2, 0.25) is 5.91 Å². The third kappa shape index (κ3) is 6.09. The van der Waals surface area contributed by atoms with Gasteiger partial charge in [-0.3, -0.25) is 24.2 Å². The lowest BCUT2D eigenvalue weighted by Gasteiger charge is -2.17. The Morgan fingerprint density at radius 3 is 2.40 bits per heavy atom. The lowest BCUT2D eigenvalue weighted by molar-refractivity contribution is -0.137. The normalized spacial score (nSPS) is 16.5. The Balaban J connectivity index is 1.35. The number of halogens is 3. The van der Waals surface area contributed by atoms with Crippen LogP contribution in [0.5, 0.6) is 11.5 Å². The molecule has 13 heteroatoms. The molecule has 0 saturated carbocycles. The molecular formula is C30H24F3N3O5S2. The Kier molecular flexibility index (Phi) is 8.47. The summed E-state index contributed by atoms with van der Waals surface area (Å²) in [7, 11) is 3.07. The highest BCUT2D eigenvalue weighted by Gasteiger charge is 2.42. The number of amides is 3. The summed E-state index contributed by atoms with van der Waals surface area (Å²) >= 11 is 6.51. The molecule has 2 heterocycles. The van der Waals surface area contributed by atoms with Crippen molar-refractivity contribution in [3.63, 3.8) is 0 Å². The number of nitrogens with one attached hydrogen (secondary N) is 1. The number of benzene rings is 3. The number of nitrogens with zero attached hydrogens (tertiary/aromatic N) is 2. The van der Waals surface area contributed by atoms with E-state index in [0.29, 0.717) is 33.5 Å². The lowest BCUT2D eigenvalue weighted by Crippen LogP contribution is -2.35. The van der Waals surface area contributed by atoms with Gasteiger partial charge in [0.05, 0.1) is 35.9 Å². The van der Waals surface area contributed by atoms with E-state index in [2.05, 4.69) is 5.32 Å². The minimum atomic E-state index is -4.58. The van der Waals surface area contributed by atoms with Gasteiger partial charge in [-0.15, -0.1) is 0 Å². The predicted octanol–water partition coefficient (Wildman–Crippen LogP) is 5.52. The Morgan fingerprint density at radius 2 is 1.67 bits per heavy atom. The first-order valence-corrected chi connectivity index (χ1v) is 14.1. The van der Waals surface area contributed by atoms with E-state index in [1.54, 1.807) is 30.3 Å². The number of carbonyl (C=O) groups is 3. The zero-order valence-electron chi connectivity index (χ0n) is 22.9. The second-order valence-corrected chi connectivity index (χ2v) is 11.1. The lowest BCUT2D eigenvalue weighted by atomic mass is 10.1. The van der Waals surface area contributed by atoms with Crippen LogP contribution in [0.3, 0.4) is 0 Å². The molecule has 5 rings (SSSR count). The maximum atomic E-state index is 13.7. The van der Waals surface area contributed by atoms with Crippen molar-refractivity contribution in [1.29, 1.82) is 0 Å². The Labute approximate surface area is 254 Å². The fourth-order valence-corrected chi connectivity index (χ4v) is 6.17. The molecule has 3 amide bonds. The number of thioether (sulfide) groups is 1. The Bertz CT molecular complexity index is 1670. The summed E-state index contributed by atoms with van der Waals surface area (Å²) in [5.41, 5.74) is 0.892. The molecule has 1 saturated heterocycles. The Morgan fingerprint density at radius 1 is 0.930 bits per heavy atom. The van der Waals surface area contributed by atoms with Crippen molar-refractivity contribution in [2.75, 3.05) is 37.5 Å². The number of ether oxygens (including phenoxy) is 2. The number of alkyl halides is 3. The van der Waals surface area contributed by atoms with Gasteiger partial charge in [-0.1, -0.05) is 54.3 Å². The molecular weight excluding hydrogens is 603 g/mol. The van der Waals surface area contributed by atoms with E-state index >= 15 is 0 Å². The molecule has 1 fully saturated rings. The van der Waals surface area contributed by atoms with Crippen LogP contribution in [0.4, 0.5) is 24.5 Å². The molecule has 43 heavy (non-hydrogen) atoms. The number of carbonyl (C=O) groups excluding carboxylic acids is 3. The fraction of sp³-hybridized carbons (Fsp3) is 0.200. The van der Waals surface area contributed by atoms with Crippen molar-refractivity contribution >= 4 is 63.0 Å². The summed E-state index contributed by atoms with van der Waals surface area (Å²) in [6.07, 6.45) is -4.12. The minimum Gasteiger partial charge on any atom is -0.493 e. The van der Waals surface area contributed by atoms with Crippen molar-refractivity contribution in [3.05, 3.63) is 88.3 Å². The largest absolute Gasteiger partial charge is 0.493 e.